The van der Waals surface area contributed by atoms with Crippen LogP contribution in [-0.4, -0.2) is 52.7 Å². The predicted molar refractivity (Wildman–Crippen MR) is 100 cm³/mol. The van der Waals surface area contributed by atoms with Crippen LogP contribution in [0.15, 0.2) is 47.4 Å². The average molecular weight is 393 g/mol. The van der Waals surface area contributed by atoms with Crippen LogP contribution in [0.3, 0.4) is 0 Å². The molecule has 0 N–H and O–H groups in total. The molecule has 0 saturated carbocycles. The Balaban J connectivity index is 1.85. The molecular weight excluding hydrogens is 370 g/mol. The highest BCUT2D eigenvalue weighted by Crippen LogP contribution is 2.33. The van der Waals surface area contributed by atoms with Gasteiger partial charge in [-0.05, 0) is 24.3 Å². The fourth-order valence-electron chi connectivity index (χ4n) is 2.90. The Morgan fingerprint density at radius 2 is 1.85 bits per heavy atom. The smallest absolute Gasteiger partial charge is 0.247 e. The minimum absolute atomic E-state index is 0.0586. The number of likely N-dealkylation sites (N-methyl/N-ethyl adjacent to an activating group) is 1. The maximum Gasteiger partial charge on any atom is 0.247 e. The second kappa shape index (κ2) is 8.06. The van der Waals surface area contributed by atoms with Gasteiger partial charge in [0.15, 0.2) is 11.5 Å². The minimum Gasteiger partial charge on any atom is -0.497 e. The van der Waals surface area contributed by atoms with Gasteiger partial charge in [0.1, 0.15) is 29.1 Å². The van der Waals surface area contributed by atoms with Crippen molar-refractivity contribution in [1.82, 2.24) is 4.31 Å². The van der Waals surface area contributed by atoms with Crippen LogP contribution in [0.1, 0.15) is 6.92 Å². The number of methoxy groups -OCH3 is 2. The van der Waals surface area contributed by atoms with Crippen LogP contribution in [0.4, 0.5) is 0 Å². The standard InChI is InChI=1S/C19H23NO6S/c1-4-20(12-15-13-25-16-7-5-6-8-17(16)26-15)27(21,22)19-11-14(23-2)9-10-18(19)24-3/h5-11,15H,4,12-13H2,1-3H3. The lowest BCUT2D eigenvalue weighted by atomic mass is 10.2. The van der Waals surface area contributed by atoms with Crippen molar-refractivity contribution in [2.45, 2.75) is 17.9 Å². The highest BCUT2D eigenvalue weighted by atomic mass is 32.2. The highest BCUT2D eigenvalue weighted by Gasteiger charge is 2.31. The number of fused-ring (bicyclic) bond motifs is 1. The Labute approximate surface area is 159 Å². The lowest BCUT2D eigenvalue weighted by molar-refractivity contribution is 0.0771. The van der Waals surface area contributed by atoms with Gasteiger partial charge in [-0.15, -0.1) is 0 Å². The van der Waals surface area contributed by atoms with Gasteiger partial charge in [0, 0.05) is 12.6 Å². The van der Waals surface area contributed by atoms with Crippen LogP contribution in [0, 0.1) is 0 Å². The zero-order valence-electron chi connectivity index (χ0n) is 15.5. The largest absolute Gasteiger partial charge is 0.497 e. The third-order valence-corrected chi connectivity index (χ3v) is 6.28. The summed E-state index contributed by atoms with van der Waals surface area (Å²) in [4.78, 5) is 0.0586. The molecule has 27 heavy (non-hydrogen) atoms. The Kier molecular flexibility index (Phi) is 5.76. The van der Waals surface area contributed by atoms with Crippen LogP contribution in [0.25, 0.3) is 0 Å². The molecule has 0 aromatic heterocycles. The lowest BCUT2D eigenvalue weighted by Crippen LogP contribution is -2.43. The monoisotopic (exact) mass is 393 g/mol. The summed E-state index contributed by atoms with van der Waals surface area (Å²) in [6, 6.07) is 12.0. The molecular formula is C19H23NO6S. The van der Waals surface area contributed by atoms with Gasteiger partial charge in [0.2, 0.25) is 10.0 Å². The van der Waals surface area contributed by atoms with E-state index in [1.54, 1.807) is 25.1 Å². The third kappa shape index (κ3) is 3.96. The van der Waals surface area contributed by atoms with Gasteiger partial charge in [-0.25, -0.2) is 8.42 Å². The first-order valence-electron chi connectivity index (χ1n) is 8.60. The molecule has 0 spiro atoms. The molecule has 8 heteroatoms. The maximum absolute atomic E-state index is 13.2. The van der Waals surface area contributed by atoms with Crippen molar-refractivity contribution in [1.29, 1.82) is 0 Å². The zero-order valence-corrected chi connectivity index (χ0v) is 16.4. The normalized spacial score (nSPS) is 16.2. The number of hydrogen-bond acceptors (Lipinski definition) is 6. The Bertz CT molecular complexity index is 899. The molecule has 1 aliphatic rings. The van der Waals surface area contributed by atoms with Crippen molar-refractivity contribution in [2.24, 2.45) is 0 Å². The van der Waals surface area contributed by atoms with E-state index in [2.05, 4.69) is 0 Å². The van der Waals surface area contributed by atoms with Crippen LogP contribution in [0.5, 0.6) is 23.0 Å². The first-order valence-corrected chi connectivity index (χ1v) is 10.0. The second-order valence-corrected chi connectivity index (χ2v) is 7.88. The Morgan fingerprint density at radius 3 is 2.52 bits per heavy atom. The van der Waals surface area contributed by atoms with Gasteiger partial charge in [0.25, 0.3) is 0 Å². The first kappa shape index (κ1) is 19.3. The minimum atomic E-state index is -3.81. The number of benzene rings is 2. The lowest BCUT2D eigenvalue weighted by Gasteiger charge is -2.30. The predicted octanol–water partition coefficient (Wildman–Crippen LogP) is 2.55. The number of sulfonamides is 1. The van der Waals surface area contributed by atoms with Crippen molar-refractivity contribution in [3.05, 3.63) is 42.5 Å². The summed E-state index contributed by atoms with van der Waals surface area (Å²) >= 11 is 0. The van der Waals surface area contributed by atoms with Crippen molar-refractivity contribution >= 4 is 10.0 Å². The third-order valence-electron chi connectivity index (χ3n) is 4.32. The molecule has 0 saturated heterocycles. The molecule has 2 aromatic carbocycles. The number of nitrogens with zero attached hydrogens (tertiary/aromatic N) is 1. The van der Waals surface area contributed by atoms with E-state index in [0.29, 0.717) is 17.2 Å². The number of rotatable bonds is 7. The molecule has 1 heterocycles. The summed E-state index contributed by atoms with van der Waals surface area (Å²) in [7, 11) is -0.887. The quantitative estimate of drug-likeness (QED) is 0.720. The summed E-state index contributed by atoms with van der Waals surface area (Å²) < 4.78 is 49.8. The van der Waals surface area contributed by atoms with Crippen molar-refractivity contribution in [3.63, 3.8) is 0 Å². The molecule has 0 fully saturated rings. The van der Waals surface area contributed by atoms with Crippen LogP contribution in [-0.2, 0) is 10.0 Å². The van der Waals surface area contributed by atoms with Crippen molar-refractivity contribution in [3.8, 4) is 23.0 Å². The summed E-state index contributed by atoms with van der Waals surface area (Å²) in [6.07, 6.45) is -0.411. The van der Waals surface area contributed by atoms with E-state index in [0.717, 1.165) is 0 Å². The summed E-state index contributed by atoms with van der Waals surface area (Å²) in [5.41, 5.74) is 0. The van der Waals surface area contributed by atoms with Crippen molar-refractivity contribution < 1.29 is 27.4 Å². The number of hydrogen-bond donors (Lipinski definition) is 0. The van der Waals surface area contributed by atoms with Crippen LogP contribution >= 0.6 is 0 Å². The van der Waals surface area contributed by atoms with Crippen molar-refractivity contribution in [2.75, 3.05) is 33.9 Å². The van der Waals surface area contributed by atoms with E-state index >= 15 is 0 Å². The van der Waals surface area contributed by atoms with E-state index in [9.17, 15) is 8.42 Å². The van der Waals surface area contributed by atoms with Gasteiger partial charge in [0.05, 0.1) is 20.8 Å². The first-order chi connectivity index (χ1) is 13.0. The van der Waals surface area contributed by atoms with Gasteiger partial charge in [-0.2, -0.15) is 4.31 Å². The highest BCUT2D eigenvalue weighted by molar-refractivity contribution is 7.89. The maximum atomic E-state index is 13.2. The van der Waals surface area contributed by atoms with Crippen LogP contribution < -0.4 is 18.9 Å². The fourth-order valence-corrected chi connectivity index (χ4v) is 4.55. The molecule has 3 rings (SSSR count). The van der Waals surface area contributed by atoms with E-state index in [4.69, 9.17) is 18.9 Å². The summed E-state index contributed by atoms with van der Waals surface area (Å²) in [6.45, 7) is 2.50. The van der Waals surface area contributed by atoms with E-state index in [1.165, 1.54) is 24.6 Å². The molecule has 0 bridgehead atoms. The topological polar surface area (TPSA) is 74.3 Å². The fraction of sp³-hybridized carbons (Fsp3) is 0.368. The zero-order chi connectivity index (χ0) is 19.4. The molecule has 0 amide bonds. The molecule has 1 unspecified atom stereocenters. The van der Waals surface area contributed by atoms with Gasteiger partial charge in [-0.3, -0.25) is 0 Å². The second-order valence-electron chi connectivity index (χ2n) is 5.97. The van der Waals surface area contributed by atoms with E-state index in [-0.39, 0.29) is 30.3 Å². The van der Waals surface area contributed by atoms with E-state index < -0.39 is 16.1 Å². The Hall–Kier alpha value is -2.45. The van der Waals surface area contributed by atoms with Gasteiger partial charge in [-0.1, -0.05) is 19.1 Å². The molecule has 1 atom stereocenters. The van der Waals surface area contributed by atoms with E-state index in [1.807, 2.05) is 18.2 Å². The van der Waals surface area contributed by atoms with Crippen LogP contribution in [0.2, 0.25) is 0 Å². The average Bonchev–Trinajstić information content (AvgIpc) is 2.71. The molecule has 0 radical (unpaired) electrons. The van der Waals surface area contributed by atoms with Gasteiger partial charge < -0.3 is 18.9 Å². The van der Waals surface area contributed by atoms with Gasteiger partial charge >= 0.3 is 0 Å². The molecule has 2 aromatic rings. The number of para-hydroxylation sites is 2. The SMILES string of the molecule is CCN(CC1COc2ccccc2O1)S(=O)(=O)c1cc(OC)ccc1OC. The molecule has 7 nitrogen and oxygen atoms in total. The number of ether oxygens (including phenoxy) is 4. The summed E-state index contributed by atoms with van der Waals surface area (Å²) in [5, 5.41) is 0. The molecule has 146 valence electrons. The molecule has 0 aliphatic carbocycles. The summed E-state index contributed by atoms with van der Waals surface area (Å²) in [5.74, 6) is 1.98. The molecule has 1 aliphatic heterocycles. The Morgan fingerprint density at radius 1 is 1.11 bits per heavy atom.